The minimum Gasteiger partial charge on any atom is -0.390 e. The van der Waals surface area contributed by atoms with Crippen molar-refractivity contribution in [2.75, 3.05) is 0 Å². The van der Waals surface area contributed by atoms with Gasteiger partial charge in [-0.25, -0.2) is 13.7 Å². The number of hydrogen-bond acceptors (Lipinski definition) is 8. The molecule has 0 aliphatic heterocycles. The number of phosphoric acid groups is 3. The Morgan fingerprint density at radius 3 is 1.33 bits per heavy atom. The molecule has 0 amide bonds. The molecule has 0 saturated heterocycles. The Balaban J connectivity index is 3.23. The van der Waals surface area contributed by atoms with E-state index in [0.717, 1.165) is 6.92 Å². The molecule has 24 heavy (non-hydrogen) atoms. The fourth-order valence-electron chi connectivity index (χ4n) is 2.25. The second-order valence-electron chi connectivity index (χ2n) is 5.02. The van der Waals surface area contributed by atoms with Crippen LogP contribution in [0.1, 0.15) is 6.92 Å². The van der Waals surface area contributed by atoms with Crippen molar-refractivity contribution in [1.29, 1.82) is 0 Å². The molecule has 1 rings (SSSR count). The smallest absolute Gasteiger partial charge is 0.390 e. The van der Waals surface area contributed by atoms with Crippen LogP contribution in [0.3, 0.4) is 0 Å². The van der Waals surface area contributed by atoms with Gasteiger partial charge in [0.15, 0.2) is 0 Å². The van der Waals surface area contributed by atoms with Crippen LogP contribution in [0, 0.1) is 5.92 Å². The standard InChI is InChI=1S/C7H17O14P3/c1-2-3(8)6(20-23(13,14)15)4(9)7(21-24(16,17)18)5(2)19-22(10,11)12/h2-9H,1H3,(H2,10,11,12)(H2,13,14,15)(H2,16,17,18)/t2-,3+,4-,5+,6+,7+/m0/s1. The summed E-state index contributed by atoms with van der Waals surface area (Å²) < 4.78 is 45.6. The van der Waals surface area contributed by atoms with Crippen molar-refractivity contribution in [3.63, 3.8) is 0 Å². The zero-order valence-electron chi connectivity index (χ0n) is 11.8. The van der Waals surface area contributed by atoms with Gasteiger partial charge in [-0.05, 0) is 0 Å². The molecule has 0 aromatic carbocycles. The van der Waals surface area contributed by atoms with E-state index in [9.17, 15) is 23.9 Å². The molecule has 1 aliphatic rings. The van der Waals surface area contributed by atoms with Crippen molar-refractivity contribution in [2.45, 2.75) is 37.4 Å². The summed E-state index contributed by atoms with van der Waals surface area (Å²) in [6, 6.07) is 0. The topological polar surface area (TPSA) is 241 Å². The second kappa shape index (κ2) is 7.47. The Morgan fingerprint density at radius 1 is 0.625 bits per heavy atom. The van der Waals surface area contributed by atoms with Crippen LogP contribution >= 0.6 is 23.5 Å². The molecule has 0 radical (unpaired) electrons. The molecule has 0 heterocycles. The van der Waals surface area contributed by atoms with Crippen LogP contribution in [-0.4, -0.2) is 70.1 Å². The maximum absolute atomic E-state index is 11.0. The zero-order chi connectivity index (χ0) is 19.1. The molecule has 0 spiro atoms. The summed E-state index contributed by atoms with van der Waals surface area (Å²) in [7, 11) is -15.8. The highest BCUT2D eigenvalue weighted by Gasteiger charge is 2.55. The molecule has 0 aromatic rings. The van der Waals surface area contributed by atoms with E-state index in [1.54, 1.807) is 0 Å². The summed E-state index contributed by atoms with van der Waals surface area (Å²) in [4.78, 5) is 52.9. The van der Waals surface area contributed by atoms with E-state index in [-0.39, 0.29) is 0 Å². The first kappa shape index (κ1) is 22.3. The van der Waals surface area contributed by atoms with Crippen LogP contribution in [0.5, 0.6) is 0 Å². The summed E-state index contributed by atoms with van der Waals surface area (Å²) in [5.41, 5.74) is 0. The van der Waals surface area contributed by atoms with Crippen LogP contribution in [-0.2, 0) is 27.3 Å². The van der Waals surface area contributed by atoms with Gasteiger partial charge in [0.2, 0.25) is 0 Å². The number of rotatable bonds is 6. The molecule has 17 heteroatoms. The molecule has 1 saturated carbocycles. The average Bonchev–Trinajstić information content (AvgIpc) is 2.32. The third kappa shape index (κ3) is 6.52. The maximum atomic E-state index is 11.0. The fraction of sp³-hybridized carbons (Fsp3) is 1.00. The molecular formula is C7H17O14P3. The van der Waals surface area contributed by atoms with Gasteiger partial charge in [0, 0.05) is 5.92 Å². The van der Waals surface area contributed by atoms with Crippen molar-refractivity contribution in [1.82, 2.24) is 0 Å². The Labute approximate surface area is 134 Å². The minimum atomic E-state index is -5.32. The van der Waals surface area contributed by atoms with Crippen molar-refractivity contribution in [2.24, 2.45) is 5.92 Å². The van der Waals surface area contributed by atoms with Gasteiger partial charge in [0.1, 0.15) is 24.4 Å². The van der Waals surface area contributed by atoms with Gasteiger partial charge in [-0.3, -0.25) is 13.6 Å². The van der Waals surface area contributed by atoms with Crippen molar-refractivity contribution in [3.05, 3.63) is 0 Å². The third-order valence-electron chi connectivity index (χ3n) is 3.17. The largest absolute Gasteiger partial charge is 0.470 e. The van der Waals surface area contributed by atoms with Crippen LogP contribution in [0.2, 0.25) is 0 Å². The monoisotopic (exact) mass is 418 g/mol. The first-order chi connectivity index (χ1) is 10.5. The van der Waals surface area contributed by atoms with E-state index in [2.05, 4.69) is 13.6 Å². The Bertz CT molecular complexity index is 575. The van der Waals surface area contributed by atoms with E-state index in [1.807, 2.05) is 0 Å². The first-order valence-electron chi connectivity index (χ1n) is 6.10. The second-order valence-corrected chi connectivity index (χ2v) is 8.60. The van der Waals surface area contributed by atoms with E-state index < -0.39 is 59.9 Å². The number of phosphoric ester groups is 3. The van der Waals surface area contributed by atoms with Crippen molar-refractivity contribution >= 4 is 23.5 Å². The predicted molar refractivity (Wildman–Crippen MR) is 71.9 cm³/mol. The van der Waals surface area contributed by atoms with Gasteiger partial charge in [-0.15, -0.1) is 0 Å². The van der Waals surface area contributed by atoms with Crippen LogP contribution in [0.15, 0.2) is 0 Å². The van der Waals surface area contributed by atoms with Gasteiger partial charge < -0.3 is 39.6 Å². The van der Waals surface area contributed by atoms with E-state index in [0.29, 0.717) is 0 Å². The lowest BCUT2D eigenvalue weighted by Crippen LogP contribution is -2.61. The van der Waals surface area contributed by atoms with E-state index >= 15 is 0 Å². The highest BCUT2D eigenvalue weighted by atomic mass is 31.2. The highest BCUT2D eigenvalue weighted by molar-refractivity contribution is 7.46. The number of aliphatic hydroxyl groups is 2. The molecule has 144 valence electrons. The fourth-order valence-corrected chi connectivity index (χ4v) is 4.01. The molecule has 0 aromatic heterocycles. The van der Waals surface area contributed by atoms with E-state index in [4.69, 9.17) is 29.4 Å². The Morgan fingerprint density at radius 2 is 0.958 bits per heavy atom. The van der Waals surface area contributed by atoms with Gasteiger partial charge in [-0.2, -0.15) is 0 Å². The quantitative estimate of drug-likeness (QED) is 0.213. The lowest BCUT2D eigenvalue weighted by Gasteiger charge is -2.45. The summed E-state index contributed by atoms with van der Waals surface area (Å²) in [5, 5.41) is 19.9. The van der Waals surface area contributed by atoms with Crippen molar-refractivity contribution < 1.29 is 66.8 Å². The van der Waals surface area contributed by atoms with Crippen LogP contribution < -0.4 is 0 Å². The maximum Gasteiger partial charge on any atom is 0.470 e. The Hall–Kier alpha value is 0.250. The van der Waals surface area contributed by atoms with Crippen LogP contribution in [0.4, 0.5) is 0 Å². The lowest BCUT2D eigenvalue weighted by atomic mass is 9.79. The molecule has 1 aliphatic carbocycles. The summed E-state index contributed by atoms with van der Waals surface area (Å²) >= 11 is 0. The van der Waals surface area contributed by atoms with Gasteiger partial charge in [0.25, 0.3) is 0 Å². The highest BCUT2D eigenvalue weighted by Crippen LogP contribution is 2.50. The molecule has 0 unspecified atom stereocenters. The average molecular weight is 418 g/mol. The molecule has 6 atom stereocenters. The zero-order valence-corrected chi connectivity index (χ0v) is 14.5. The predicted octanol–water partition coefficient (Wildman–Crippen LogP) is -2.21. The van der Waals surface area contributed by atoms with Gasteiger partial charge in [-0.1, -0.05) is 6.92 Å². The number of aliphatic hydroxyl groups excluding tert-OH is 2. The summed E-state index contributed by atoms with van der Waals surface area (Å²) in [5.74, 6) is -1.41. The van der Waals surface area contributed by atoms with Crippen molar-refractivity contribution in [3.8, 4) is 0 Å². The number of hydrogen-bond donors (Lipinski definition) is 8. The third-order valence-corrected chi connectivity index (χ3v) is 4.72. The van der Waals surface area contributed by atoms with Crippen LogP contribution in [0.25, 0.3) is 0 Å². The normalized spacial score (nSPS) is 35.9. The van der Waals surface area contributed by atoms with E-state index in [1.165, 1.54) is 0 Å². The molecule has 0 bridgehead atoms. The lowest BCUT2D eigenvalue weighted by molar-refractivity contribution is -0.188. The summed E-state index contributed by atoms with van der Waals surface area (Å²) in [6.07, 6.45) is -10.4. The van der Waals surface area contributed by atoms with Gasteiger partial charge >= 0.3 is 23.5 Å². The van der Waals surface area contributed by atoms with Gasteiger partial charge in [0.05, 0.1) is 6.10 Å². The molecule has 14 nitrogen and oxygen atoms in total. The summed E-state index contributed by atoms with van der Waals surface area (Å²) in [6.45, 7) is 1.07. The molecular weight excluding hydrogens is 401 g/mol. The Kier molecular flexibility index (Phi) is 6.94. The first-order valence-corrected chi connectivity index (χ1v) is 10.7. The molecule has 1 fully saturated rings. The SMILES string of the molecule is C[C@H]1[C@@H](O)[C@@H](OP(=O)(O)O)[C@H](O)[C@@H](OP(=O)(O)O)[C@@H]1OP(=O)(O)O. The minimum absolute atomic E-state index is 1.07. The molecule has 8 N–H and O–H groups in total.